The van der Waals surface area contributed by atoms with Gasteiger partial charge in [-0.1, -0.05) is 0 Å². The van der Waals surface area contributed by atoms with Gasteiger partial charge in [-0.2, -0.15) is 5.10 Å². The molecule has 9 nitrogen and oxygen atoms in total. The van der Waals surface area contributed by atoms with Crippen LogP contribution in [0.25, 0.3) is 0 Å². The van der Waals surface area contributed by atoms with E-state index in [2.05, 4.69) is 10.4 Å². The molecule has 2 heterocycles. The summed E-state index contributed by atoms with van der Waals surface area (Å²) >= 11 is 0. The van der Waals surface area contributed by atoms with Gasteiger partial charge in [0.1, 0.15) is 5.82 Å². The molecule has 3 rings (SSSR count). The van der Waals surface area contributed by atoms with Crippen molar-refractivity contribution >= 4 is 23.7 Å². The summed E-state index contributed by atoms with van der Waals surface area (Å²) < 4.78 is 6.47. The average Bonchev–Trinajstić information content (AvgIpc) is 3.40. The molecule has 1 aromatic heterocycles. The van der Waals surface area contributed by atoms with Crippen molar-refractivity contribution in [3.05, 3.63) is 11.8 Å². The Balaban J connectivity index is 1.58. The average molecular weight is 349 g/mol. The molecule has 1 saturated carbocycles. The first-order chi connectivity index (χ1) is 12.0. The van der Waals surface area contributed by atoms with Crippen molar-refractivity contribution in [1.29, 1.82) is 0 Å². The Hall–Kier alpha value is -2.58. The summed E-state index contributed by atoms with van der Waals surface area (Å²) in [4.78, 5) is 39.4. The van der Waals surface area contributed by atoms with E-state index in [1.165, 1.54) is 4.68 Å². The Labute approximate surface area is 145 Å². The molecule has 0 atom stereocenters. The fourth-order valence-corrected chi connectivity index (χ4v) is 2.73. The van der Waals surface area contributed by atoms with E-state index in [4.69, 9.17) is 4.74 Å². The third kappa shape index (κ3) is 3.92. The van der Waals surface area contributed by atoms with Gasteiger partial charge in [0.25, 0.3) is 5.91 Å². The largest absolute Gasteiger partial charge is 0.450 e. The van der Waals surface area contributed by atoms with Crippen molar-refractivity contribution in [1.82, 2.24) is 19.6 Å². The minimum Gasteiger partial charge on any atom is -0.450 e. The van der Waals surface area contributed by atoms with Gasteiger partial charge in [0.05, 0.1) is 6.61 Å². The summed E-state index contributed by atoms with van der Waals surface area (Å²) in [7, 11) is 1.69. The molecule has 25 heavy (non-hydrogen) atoms. The number of rotatable bonds is 4. The van der Waals surface area contributed by atoms with Crippen LogP contribution in [0.4, 0.5) is 10.6 Å². The molecule has 1 aromatic rings. The molecule has 1 N–H and O–H groups in total. The van der Waals surface area contributed by atoms with Crippen molar-refractivity contribution in [3.63, 3.8) is 0 Å². The van der Waals surface area contributed by atoms with Gasteiger partial charge in [-0.3, -0.25) is 14.3 Å². The van der Waals surface area contributed by atoms with E-state index in [-0.39, 0.29) is 29.5 Å². The molecule has 1 aliphatic heterocycles. The van der Waals surface area contributed by atoms with Crippen LogP contribution in [0.5, 0.6) is 0 Å². The second-order valence-electron chi connectivity index (χ2n) is 6.28. The zero-order valence-electron chi connectivity index (χ0n) is 14.5. The van der Waals surface area contributed by atoms with Gasteiger partial charge < -0.3 is 19.9 Å². The van der Waals surface area contributed by atoms with E-state index >= 15 is 0 Å². The van der Waals surface area contributed by atoms with Crippen LogP contribution in [0.3, 0.4) is 0 Å². The number of hydrogen-bond donors (Lipinski definition) is 1. The van der Waals surface area contributed by atoms with Gasteiger partial charge in [0.2, 0.25) is 5.91 Å². The minimum absolute atomic E-state index is 0.0231. The maximum Gasteiger partial charge on any atom is 0.409 e. The molecular weight excluding hydrogens is 326 g/mol. The third-order valence-corrected chi connectivity index (χ3v) is 4.39. The van der Waals surface area contributed by atoms with E-state index in [9.17, 15) is 14.4 Å². The van der Waals surface area contributed by atoms with Gasteiger partial charge in [-0.15, -0.1) is 0 Å². The Morgan fingerprint density at radius 2 is 1.84 bits per heavy atom. The Morgan fingerprint density at radius 1 is 1.20 bits per heavy atom. The molecule has 0 unspecified atom stereocenters. The summed E-state index contributed by atoms with van der Waals surface area (Å²) in [6, 6.07) is 1.60. The second kappa shape index (κ2) is 7.12. The lowest BCUT2D eigenvalue weighted by molar-refractivity contribution is -0.117. The molecule has 9 heteroatoms. The van der Waals surface area contributed by atoms with Crippen molar-refractivity contribution in [2.45, 2.75) is 19.8 Å². The number of amides is 3. The summed E-state index contributed by atoms with van der Waals surface area (Å²) in [5.41, 5.74) is 0.290. The summed E-state index contributed by atoms with van der Waals surface area (Å²) in [6.07, 6.45) is 1.48. The highest BCUT2D eigenvalue weighted by atomic mass is 16.6. The Kier molecular flexibility index (Phi) is 4.91. The van der Waals surface area contributed by atoms with Crippen molar-refractivity contribution in [2.75, 3.05) is 38.1 Å². The number of aromatic nitrogens is 2. The predicted molar refractivity (Wildman–Crippen MR) is 89.1 cm³/mol. The molecule has 3 amide bonds. The first-order valence-electron chi connectivity index (χ1n) is 8.55. The van der Waals surface area contributed by atoms with Crippen molar-refractivity contribution in [3.8, 4) is 0 Å². The lowest BCUT2D eigenvalue weighted by Crippen LogP contribution is -2.50. The first kappa shape index (κ1) is 17.2. The zero-order chi connectivity index (χ0) is 18.0. The Bertz CT molecular complexity index is 674. The number of hydrogen-bond acceptors (Lipinski definition) is 5. The molecule has 136 valence electrons. The van der Waals surface area contributed by atoms with Gasteiger partial charge in [0.15, 0.2) is 5.69 Å². The van der Waals surface area contributed by atoms with Gasteiger partial charge in [-0.25, -0.2) is 4.79 Å². The van der Waals surface area contributed by atoms with Crippen LogP contribution in [0.15, 0.2) is 6.07 Å². The first-order valence-corrected chi connectivity index (χ1v) is 8.55. The van der Waals surface area contributed by atoms with Crippen LogP contribution >= 0.6 is 0 Å². The van der Waals surface area contributed by atoms with E-state index in [1.54, 1.807) is 29.8 Å². The fraction of sp³-hybridized carbons (Fsp3) is 0.625. The molecule has 0 aromatic carbocycles. The minimum atomic E-state index is -0.350. The lowest BCUT2D eigenvalue weighted by atomic mass is 10.3. The number of nitrogens with zero attached hydrogens (tertiary/aromatic N) is 4. The van der Waals surface area contributed by atoms with Crippen LogP contribution < -0.4 is 5.32 Å². The number of carbonyl (C=O) groups excluding carboxylic acids is 3. The number of carbonyl (C=O) groups is 3. The summed E-state index contributed by atoms with van der Waals surface area (Å²) in [5, 5.41) is 7.02. The van der Waals surface area contributed by atoms with Crippen LogP contribution in [0, 0.1) is 5.92 Å². The summed E-state index contributed by atoms with van der Waals surface area (Å²) in [6.45, 7) is 3.82. The third-order valence-electron chi connectivity index (χ3n) is 4.39. The normalized spacial score (nSPS) is 17.4. The maximum absolute atomic E-state index is 12.6. The number of ether oxygens (including phenoxy) is 1. The molecule has 0 radical (unpaired) electrons. The number of anilines is 1. The van der Waals surface area contributed by atoms with Crippen LogP contribution in [-0.4, -0.2) is 70.3 Å². The monoisotopic (exact) mass is 349 g/mol. The quantitative estimate of drug-likeness (QED) is 0.862. The van der Waals surface area contributed by atoms with E-state index in [1.807, 2.05) is 0 Å². The van der Waals surface area contributed by atoms with Crippen LogP contribution in [0.2, 0.25) is 0 Å². The highest BCUT2D eigenvalue weighted by Gasteiger charge is 2.31. The van der Waals surface area contributed by atoms with Gasteiger partial charge >= 0.3 is 6.09 Å². The van der Waals surface area contributed by atoms with E-state index in [0.717, 1.165) is 12.8 Å². The Morgan fingerprint density at radius 3 is 2.44 bits per heavy atom. The zero-order valence-corrected chi connectivity index (χ0v) is 14.5. The highest BCUT2D eigenvalue weighted by molar-refractivity contribution is 5.96. The second-order valence-corrected chi connectivity index (χ2v) is 6.28. The van der Waals surface area contributed by atoms with Crippen molar-refractivity contribution in [2.24, 2.45) is 13.0 Å². The molecule has 2 fully saturated rings. The molecular formula is C16H23N5O4. The molecule has 1 saturated heterocycles. The van der Waals surface area contributed by atoms with E-state index in [0.29, 0.717) is 38.6 Å². The van der Waals surface area contributed by atoms with E-state index < -0.39 is 0 Å². The predicted octanol–water partition coefficient (Wildman–Crippen LogP) is 0.683. The topological polar surface area (TPSA) is 96.8 Å². The number of aryl methyl sites for hydroxylation is 1. The smallest absolute Gasteiger partial charge is 0.409 e. The number of piperazine rings is 1. The van der Waals surface area contributed by atoms with Gasteiger partial charge in [0, 0.05) is 45.2 Å². The maximum atomic E-state index is 12.6. The van der Waals surface area contributed by atoms with Gasteiger partial charge in [-0.05, 0) is 19.8 Å². The fourth-order valence-electron chi connectivity index (χ4n) is 2.73. The van der Waals surface area contributed by atoms with Crippen LogP contribution in [0.1, 0.15) is 30.3 Å². The highest BCUT2D eigenvalue weighted by Crippen LogP contribution is 2.30. The molecule has 1 aliphatic carbocycles. The molecule has 0 bridgehead atoms. The number of nitrogens with one attached hydrogen (secondary N) is 1. The molecule has 0 spiro atoms. The SMILES string of the molecule is CCOC(=O)N1CCN(C(=O)c2cc(NC(=O)C3CC3)n(C)n2)CC1. The standard InChI is InChI=1S/C16H23N5O4/c1-3-25-16(24)21-8-6-20(7-9-21)15(23)12-10-13(19(2)18-12)17-14(22)11-4-5-11/h10-11H,3-9H2,1-2H3,(H,17,22). The van der Waals surface area contributed by atoms with Crippen LogP contribution in [-0.2, 0) is 16.6 Å². The van der Waals surface area contributed by atoms with Crippen molar-refractivity contribution < 1.29 is 19.1 Å². The summed E-state index contributed by atoms with van der Waals surface area (Å²) in [5.74, 6) is 0.381. The molecule has 2 aliphatic rings. The lowest BCUT2D eigenvalue weighted by Gasteiger charge is -2.33.